The van der Waals surface area contributed by atoms with Crippen molar-refractivity contribution >= 4 is 16.5 Å². The highest BCUT2D eigenvalue weighted by molar-refractivity contribution is 7.13. The topological polar surface area (TPSA) is 37.4 Å². The van der Waals surface area contributed by atoms with Gasteiger partial charge in [0.15, 0.2) is 5.13 Å². The quantitative estimate of drug-likeness (QED) is 0.903. The molecule has 1 aromatic rings. The Morgan fingerprint density at radius 3 is 2.77 bits per heavy atom. The first kappa shape index (κ1) is 16.2. The Morgan fingerprint density at radius 2 is 2.14 bits per heavy atom. The summed E-state index contributed by atoms with van der Waals surface area (Å²) in [5.74, 6) is 1.32. The van der Waals surface area contributed by atoms with Crippen molar-refractivity contribution in [2.75, 3.05) is 31.1 Å². The molecule has 0 radical (unpaired) electrons. The third-order valence-corrected chi connectivity index (χ3v) is 5.98. The molecule has 2 fully saturated rings. The van der Waals surface area contributed by atoms with Gasteiger partial charge in [0.1, 0.15) is 0 Å². The Labute approximate surface area is 138 Å². The number of hydrogen-bond donors (Lipinski definition) is 1. The van der Waals surface area contributed by atoms with Gasteiger partial charge in [-0.3, -0.25) is 0 Å². The maximum Gasteiger partial charge on any atom is 0.185 e. The van der Waals surface area contributed by atoms with Crippen LogP contribution in [-0.2, 0) is 4.74 Å². The standard InChI is InChI=1S/C17H29N3OS/c1-12(2)16-14(6-9-21-16)10-18-15-4-7-20(8-5-15)17-19-13(3)11-22-17/h11-12,14-16,18H,4-10H2,1-3H3/t14-,16-/m1/s1. The summed E-state index contributed by atoms with van der Waals surface area (Å²) in [4.78, 5) is 7.04. The van der Waals surface area contributed by atoms with Crippen LogP contribution in [0.1, 0.15) is 38.8 Å². The van der Waals surface area contributed by atoms with Crippen LogP contribution < -0.4 is 10.2 Å². The minimum atomic E-state index is 0.450. The van der Waals surface area contributed by atoms with Crippen molar-refractivity contribution in [3.63, 3.8) is 0 Å². The van der Waals surface area contributed by atoms with Crippen LogP contribution in [0.25, 0.3) is 0 Å². The fourth-order valence-electron chi connectivity index (χ4n) is 3.69. The van der Waals surface area contributed by atoms with Gasteiger partial charge in [-0.05, 0) is 38.0 Å². The van der Waals surface area contributed by atoms with E-state index >= 15 is 0 Å². The largest absolute Gasteiger partial charge is 0.378 e. The lowest BCUT2D eigenvalue weighted by molar-refractivity contribution is 0.0532. The third-order valence-electron chi connectivity index (χ3n) is 4.96. The first-order valence-corrected chi connectivity index (χ1v) is 9.53. The average Bonchev–Trinajstić information content (AvgIpc) is 3.14. The predicted molar refractivity (Wildman–Crippen MR) is 92.8 cm³/mol. The molecule has 0 unspecified atom stereocenters. The monoisotopic (exact) mass is 323 g/mol. The summed E-state index contributed by atoms with van der Waals surface area (Å²) in [6, 6.07) is 0.658. The molecule has 1 aromatic heterocycles. The fraction of sp³-hybridized carbons (Fsp3) is 0.824. The van der Waals surface area contributed by atoms with Gasteiger partial charge in [0.05, 0.1) is 11.8 Å². The van der Waals surface area contributed by atoms with Crippen molar-refractivity contribution in [3.05, 3.63) is 11.1 Å². The molecule has 4 nitrogen and oxygen atoms in total. The second-order valence-corrected chi connectivity index (χ2v) is 7.91. The predicted octanol–water partition coefficient (Wildman–Crippen LogP) is 3.07. The van der Waals surface area contributed by atoms with E-state index in [0.717, 1.165) is 31.9 Å². The van der Waals surface area contributed by atoms with Crippen molar-refractivity contribution in [1.82, 2.24) is 10.3 Å². The molecule has 0 spiro atoms. The summed E-state index contributed by atoms with van der Waals surface area (Å²) in [6.07, 6.45) is 4.11. The molecule has 2 saturated heterocycles. The molecule has 0 amide bonds. The number of hydrogen-bond acceptors (Lipinski definition) is 5. The smallest absolute Gasteiger partial charge is 0.185 e. The molecule has 22 heavy (non-hydrogen) atoms. The number of piperidine rings is 1. The van der Waals surface area contributed by atoms with Crippen LogP contribution in [0.4, 0.5) is 5.13 Å². The number of nitrogens with one attached hydrogen (secondary N) is 1. The summed E-state index contributed by atoms with van der Waals surface area (Å²) in [5.41, 5.74) is 1.14. The molecule has 2 atom stereocenters. The molecule has 3 rings (SSSR count). The second-order valence-electron chi connectivity index (χ2n) is 7.07. The summed E-state index contributed by atoms with van der Waals surface area (Å²) in [5, 5.41) is 7.14. The molecule has 0 bridgehead atoms. The number of rotatable bonds is 5. The molecular formula is C17H29N3OS. The molecule has 1 N–H and O–H groups in total. The SMILES string of the molecule is Cc1csc(N2CCC(NC[C@H]3CCO[C@@H]3C(C)C)CC2)n1. The first-order chi connectivity index (χ1) is 10.6. The molecule has 0 aliphatic carbocycles. The van der Waals surface area contributed by atoms with Gasteiger partial charge in [0.25, 0.3) is 0 Å². The van der Waals surface area contributed by atoms with Gasteiger partial charge < -0.3 is 15.0 Å². The highest BCUT2D eigenvalue weighted by Crippen LogP contribution is 2.27. The highest BCUT2D eigenvalue weighted by atomic mass is 32.1. The molecule has 0 saturated carbocycles. The fourth-order valence-corrected chi connectivity index (χ4v) is 4.55. The van der Waals surface area contributed by atoms with E-state index in [1.807, 2.05) is 0 Å². The molecule has 124 valence electrons. The van der Waals surface area contributed by atoms with Crippen molar-refractivity contribution in [3.8, 4) is 0 Å². The van der Waals surface area contributed by atoms with Crippen LogP contribution >= 0.6 is 11.3 Å². The molecule has 2 aliphatic rings. The van der Waals surface area contributed by atoms with Gasteiger partial charge in [-0.2, -0.15) is 0 Å². The molecule has 0 aromatic carbocycles. The Hall–Kier alpha value is -0.650. The highest BCUT2D eigenvalue weighted by Gasteiger charge is 2.31. The van der Waals surface area contributed by atoms with E-state index in [1.165, 1.54) is 24.4 Å². The zero-order valence-electron chi connectivity index (χ0n) is 14.0. The number of aryl methyl sites for hydroxylation is 1. The Bertz CT molecular complexity index is 468. The van der Waals surface area contributed by atoms with Crippen LogP contribution in [0.2, 0.25) is 0 Å². The van der Waals surface area contributed by atoms with E-state index in [2.05, 4.69) is 41.4 Å². The lowest BCUT2D eigenvalue weighted by Gasteiger charge is -2.33. The van der Waals surface area contributed by atoms with Crippen molar-refractivity contribution in [1.29, 1.82) is 0 Å². The van der Waals surface area contributed by atoms with Gasteiger partial charge in [-0.25, -0.2) is 4.98 Å². The zero-order valence-corrected chi connectivity index (χ0v) is 14.9. The Balaban J connectivity index is 1.42. The number of ether oxygens (including phenoxy) is 1. The van der Waals surface area contributed by atoms with Crippen molar-refractivity contribution in [2.45, 2.75) is 52.2 Å². The number of aromatic nitrogens is 1. The van der Waals surface area contributed by atoms with E-state index in [9.17, 15) is 0 Å². The maximum absolute atomic E-state index is 5.89. The minimum absolute atomic E-state index is 0.450. The number of nitrogens with zero attached hydrogens (tertiary/aromatic N) is 2. The normalized spacial score (nSPS) is 27.0. The van der Waals surface area contributed by atoms with Gasteiger partial charge >= 0.3 is 0 Å². The van der Waals surface area contributed by atoms with Crippen LogP contribution in [0.5, 0.6) is 0 Å². The minimum Gasteiger partial charge on any atom is -0.378 e. The van der Waals surface area contributed by atoms with Gasteiger partial charge in [-0.1, -0.05) is 13.8 Å². The number of thiazole rings is 1. The molecular weight excluding hydrogens is 294 g/mol. The summed E-state index contributed by atoms with van der Waals surface area (Å²) in [7, 11) is 0. The summed E-state index contributed by atoms with van der Waals surface area (Å²) >= 11 is 1.77. The van der Waals surface area contributed by atoms with E-state index < -0.39 is 0 Å². The van der Waals surface area contributed by atoms with E-state index in [0.29, 0.717) is 24.0 Å². The summed E-state index contributed by atoms with van der Waals surface area (Å²) in [6.45, 7) is 10.9. The maximum atomic E-state index is 5.89. The second kappa shape index (κ2) is 7.28. The van der Waals surface area contributed by atoms with Crippen LogP contribution in [-0.4, -0.2) is 43.4 Å². The Morgan fingerprint density at radius 1 is 1.36 bits per heavy atom. The molecule has 5 heteroatoms. The van der Waals surface area contributed by atoms with E-state index in [1.54, 1.807) is 11.3 Å². The average molecular weight is 324 g/mol. The Kier molecular flexibility index (Phi) is 5.37. The molecule has 3 heterocycles. The van der Waals surface area contributed by atoms with Crippen molar-refractivity contribution in [2.24, 2.45) is 11.8 Å². The lowest BCUT2D eigenvalue weighted by atomic mass is 9.92. The lowest BCUT2D eigenvalue weighted by Crippen LogP contribution is -2.45. The number of anilines is 1. The van der Waals surface area contributed by atoms with Crippen LogP contribution in [0, 0.1) is 18.8 Å². The van der Waals surface area contributed by atoms with E-state index in [-0.39, 0.29) is 0 Å². The van der Waals surface area contributed by atoms with Crippen LogP contribution in [0.3, 0.4) is 0 Å². The summed E-state index contributed by atoms with van der Waals surface area (Å²) < 4.78 is 5.89. The first-order valence-electron chi connectivity index (χ1n) is 8.65. The zero-order chi connectivity index (χ0) is 15.5. The van der Waals surface area contributed by atoms with Gasteiger partial charge in [-0.15, -0.1) is 11.3 Å². The van der Waals surface area contributed by atoms with Gasteiger partial charge in [0.2, 0.25) is 0 Å². The van der Waals surface area contributed by atoms with E-state index in [4.69, 9.17) is 4.74 Å². The van der Waals surface area contributed by atoms with Crippen LogP contribution in [0.15, 0.2) is 5.38 Å². The van der Waals surface area contributed by atoms with Gasteiger partial charge in [0, 0.05) is 37.7 Å². The molecule has 2 aliphatic heterocycles. The third kappa shape index (κ3) is 3.81. The van der Waals surface area contributed by atoms with Crippen molar-refractivity contribution < 1.29 is 4.74 Å².